The monoisotopic (exact) mass is 424 g/mol. The lowest BCUT2D eigenvalue weighted by molar-refractivity contribution is 0.0904. The predicted octanol–water partition coefficient (Wildman–Crippen LogP) is 4.27. The molecule has 0 radical (unpaired) electrons. The van der Waals surface area contributed by atoms with Gasteiger partial charge in [0, 0.05) is 35.6 Å². The first kappa shape index (κ1) is 19.3. The van der Waals surface area contributed by atoms with Crippen LogP contribution in [0.15, 0.2) is 57.8 Å². The van der Waals surface area contributed by atoms with Crippen LogP contribution in [-0.4, -0.2) is 30.2 Å². The Morgan fingerprint density at radius 2 is 2.03 bits per heavy atom. The van der Waals surface area contributed by atoms with Crippen LogP contribution in [0.3, 0.4) is 0 Å². The van der Waals surface area contributed by atoms with E-state index in [0.717, 1.165) is 24.2 Å². The van der Waals surface area contributed by atoms with Gasteiger partial charge in [-0.15, -0.1) is 0 Å². The standard InChI is InChI=1S/C23H24N2O4S/c1-2-28-18-6-3-4-7-21(18)30(27)24-22(26)20-12-16-8-9-17(13-19(16)29-20)25-14-23(15-25)10-5-11-23/h3-4,6-9,12-13H,2,5,10-11,14-15H2,1H3,(H,24,26). The number of furan rings is 1. The third-order valence-corrected chi connectivity index (χ3v) is 7.20. The van der Waals surface area contributed by atoms with Crippen molar-refractivity contribution in [1.82, 2.24) is 4.72 Å². The number of carbonyl (C=O) groups excluding carboxylic acids is 1. The molecular weight excluding hydrogens is 400 g/mol. The van der Waals surface area contributed by atoms with Gasteiger partial charge in [0.1, 0.15) is 16.9 Å². The number of anilines is 1. The quantitative estimate of drug-likeness (QED) is 0.598. The molecule has 7 heteroatoms. The number of nitrogens with zero attached hydrogens (tertiary/aromatic N) is 1. The number of para-hydroxylation sites is 1. The molecule has 1 aliphatic carbocycles. The molecule has 2 fully saturated rings. The molecule has 3 aromatic rings. The highest BCUT2D eigenvalue weighted by Crippen LogP contribution is 2.49. The number of benzene rings is 2. The van der Waals surface area contributed by atoms with E-state index >= 15 is 0 Å². The molecule has 1 N–H and O–H groups in total. The number of ether oxygens (including phenoxy) is 1. The molecule has 30 heavy (non-hydrogen) atoms. The second-order valence-electron chi connectivity index (χ2n) is 8.12. The van der Waals surface area contributed by atoms with E-state index in [2.05, 4.69) is 15.7 Å². The Morgan fingerprint density at radius 1 is 1.23 bits per heavy atom. The molecule has 1 atom stereocenters. The number of hydrogen-bond acceptors (Lipinski definition) is 5. The maximum absolute atomic E-state index is 12.7. The Labute approximate surface area is 178 Å². The summed E-state index contributed by atoms with van der Waals surface area (Å²) in [4.78, 5) is 15.4. The minimum absolute atomic E-state index is 0.142. The van der Waals surface area contributed by atoms with E-state index in [-0.39, 0.29) is 5.76 Å². The van der Waals surface area contributed by atoms with Gasteiger partial charge in [-0.25, -0.2) is 0 Å². The third kappa shape index (κ3) is 3.42. The third-order valence-electron chi connectivity index (χ3n) is 6.09. The average molecular weight is 425 g/mol. The van der Waals surface area contributed by atoms with Gasteiger partial charge in [0.25, 0.3) is 0 Å². The molecule has 1 spiro atoms. The van der Waals surface area contributed by atoms with E-state index in [1.807, 2.05) is 19.1 Å². The number of fused-ring (bicyclic) bond motifs is 1. The Balaban J connectivity index is 1.30. The van der Waals surface area contributed by atoms with E-state index in [0.29, 0.717) is 28.2 Å². The number of hydrogen-bond donors (Lipinski definition) is 1. The van der Waals surface area contributed by atoms with Gasteiger partial charge in [0.15, 0.2) is 11.5 Å². The SMILES string of the molecule is CCOc1ccccc1[S+]([O-])NC(=O)c1cc2ccc(N3CC4(CCC4)C3)cc2o1. The molecule has 2 heterocycles. The van der Waals surface area contributed by atoms with Gasteiger partial charge < -0.3 is 18.6 Å². The van der Waals surface area contributed by atoms with Crippen LogP contribution >= 0.6 is 0 Å². The van der Waals surface area contributed by atoms with E-state index in [1.165, 1.54) is 19.3 Å². The van der Waals surface area contributed by atoms with E-state index in [4.69, 9.17) is 9.15 Å². The predicted molar refractivity (Wildman–Crippen MR) is 116 cm³/mol. The summed E-state index contributed by atoms with van der Waals surface area (Å²) in [6.45, 7) is 4.51. The largest absolute Gasteiger partial charge is 0.588 e. The van der Waals surface area contributed by atoms with Crippen LogP contribution in [0.5, 0.6) is 5.75 Å². The zero-order chi connectivity index (χ0) is 20.7. The molecule has 2 aliphatic rings. The zero-order valence-electron chi connectivity index (χ0n) is 16.8. The summed E-state index contributed by atoms with van der Waals surface area (Å²) < 4.78 is 26.5. The van der Waals surface area contributed by atoms with Crippen molar-refractivity contribution in [3.63, 3.8) is 0 Å². The molecule has 0 bridgehead atoms. The minimum Gasteiger partial charge on any atom is -0.588 e. The topological polar surface area (TPSA) is 77.8 Å². The molecule has 1 saturated carbocycles. The van der Waals surface area contributed by atoms with Crippen LogP contribution in [-0.2, 0) is 11.4 Å². The molecule has 1 aliphatic heterocycles. The van der Waals surface area contributed by atoms with Gasteiger partial charge in [-0.1, -0.05) is 18.6 Å². The second-order valence-corrected chi connectivity index (χ2v) is 9.30. The maximum atomic E-state index is 12.7. The fourth-order valence-electron chi connectivity index (χ4n) is 4.33. The van der Waals surface area contributed by atoms with Crippen molar-refractivity contribution in [1.29, 1.82) is 0 Å². The van der Waals surface area contributed by atoms with Crippen LogP contribution < -0.4 is 14.4 Å². The van der Waals surface area contributed by atoms with Crippen molar-refractivity contribution in [2.24, 2.45) is 5.41 Å². The molecule has 1 unspecified atom stereocenters. The van der Waals surface area contributed by atoms with Crippen LogP contribution in [0.25, 0.3) is 11.0 Å². The zero-order valence-corrected chi connectivity index (χ0v) is 17.7. The van der Waals surface area contributed by atoms with Gasteiger partial charge in [-0.05, 0) is 50.1 Å². The van der Waals surface area contributed by atoms with Gasteiger partial charge in [-0.3, -0.25) is 4.79 Å². The van der Waals surface area contributed by atoms with E-state index in [9.17, 15) is 9.35 Å². The lowest BCUT2D eigenvalue weighted by Crippen LogP contribution is -2.59. The van der Waals surface area contributed by atoms with Crippen molar-refractivity contribution < 1.29 is 18.5 Å². The minimum atomic E-state index is -1.75. The second kappa shape index (κ2) is 7.56. The molecular formula is C23H24N2O4S. The van der Waals surface area contributed by atoms with Crippen LogP contribution in [0.2, 0.25) is 0 Å². The summed E-state index contributed by atoms with van der Waals surface area (Å²) in [7, 11) is 0. The smallest absolute Gasteiger partial charge is 0.328 e. The lowest BCUT2D eigenvalue weighted by atomic mass is 9.63. The summed E-state index contributed by atoms with van der Waals surface area (Å²) in [6, 6.07) is 14.7. The van der Waals surface area contributed by atoms with Crippen molar-refractivity contribution in [3.05, 3.63) is 54.3 Å². The molecule has 6 nitrogen and oxygen atoms in total. The normalized spacial score (nSPS) is 18.0. The van der Waals surface area contributed by atoms with Crippen LogP contribution in [0.1, 0.15) is 36.7 Å². The highest BCUT2D eigenvalue weighted by Gasteiger charge is 2.47. The van der Waals surface area contributed by atoms with Gasteiger partial charge in [-0.2, -0.15) is 4.72 Å². The molecule has 1 aromatic heterocycles. The Hall–Kier alpha value is -2.64. The van der Waals surface area contributed by atoms with E-state index < -0.39 is 17.3 Å². The van der Waals surface area contributed by atoms with Crippen molar-refractivity contribution in [2.45, 2.75) is 31.1 Å². The molecule has 5 rings (SSSR count). The summed E-state index contributed by atoms with van der Waals surface area (Å²) in [5.74, 6) is 0.116. The Morgan fingerprint density at radius 3 is 2.77 bits per heavy atom. The number of amides is 1. The van der Waals surface area contributed by atoms with Crippen molar-refractivity contribution in [3.8, 4) is 5.75 Å². The fourth-order valence-corrected chi connectivity index (χ4v) is 5.23. The summed E-state index contributed by atoms with van der Waals surface area (Å²) in [5, 5.41) is 0.850. The Bertz CT molecular complexity index is 1080. The molecule has 2 aromatic carbocycles. The summed E-state index contributed by atoms with van der Waals surface area (Å²) >= 11 is -1.75. The van der Waals surface area contributed by atoms with Gasteiger partial charge >= 0.3 is 5.91 Å². The summed E-state index contributed by atoms with van der Waals surface area (Å²) in [5.41, 5.74) is 2.33. The first-order chi connectivity index (χ1) is 14.6. The summed E-state index contributed by atoms with van der Waals surface area (Å²) in [6.07, 6.45) is 4.01. The van der Waals surface area contributed by atoms with Gasteiger partial charge in [0.2, 0.25) is 4.90 Å². The van der Waals surface area contributed by atoms with Crippen LogP contribution in [0, 0.1) is 5.41 Å². The first-order valence-electron chi connectivity index (χ1n) is 10.3. The van der Waals surface area contributed by atoms with Gasteiger partial charge in [0.05, 0.1) is 6.61 Å². The molecule has 1 amide bonds. The highest BCUT2D eigenvalue weighted by molar-refractivity contribution is 7.90. The first-order valence-corrected chi connectivity index (χ1v) is 11.5. The number of rotatable bonds is 6. The average Bonchev–Trinajstić information content (AvgIpc) is 3.10. The molecule has 156 valence electrons. The number of carbonyl (C=O) groups is 1. The lowest BCUT2D eigenvalue weighted by Gasteiger charge is -2.57. The van der Waals surface area contributed by atoms with Crippen molar-refractivity contribution >= 4 is 33.9 Å². The number of nitrogens with one attached hydrogen (secondary N) is 1. The maximum Gasteiger partial charge on any atom is 0.328 e. The highest BCUT2D eigenvalue weighted by atomic mass is 32.2. The molecule has 1 saturated heterocycles. The Kier molecular flexibility index (Phi) is 4.87. The van der Waals surface area contributed by atoms with Crippen molar-refractivity contribution in [2.75, 3.05) is 24.6 Å². The van der Waals surface area contributed by atoms with Crippen LogP contribution in [0.4, 0.5) is 5.69 Å². The fraction of sp³-hybridized carbons (Fsp3) is 0.348. The van der Waals surface area contributed by atoms with E-state index in [1.54, 1.807) is 30.3 Å².